The van der Waals surface area contributed by atoms with Crippen LogP contribution < -0.4 is 0 Å². The summed E-state index contributed by atoms with van der Waals surface area (Å²) in [5.74, 6) is 0.814. The maximum absolute atomic E-state index is 3.43. The third-order valence-electron chi connectivity index (χ3n) is 2.20. The van der Waals surface area contributed by atoms with Gasteiger partial charge in [0.05, 0.1) is 0 Å². The Labute approximate surface area is 79.2 Å². The summed E-state index contributed by atoms with van der Waals surface area (Å²) >= 11 is 3.43. The van der Waals surface area contributed by atoms with Crippen molar-refractivity contribution in [3.05, 3.63) is 11.6 Å². The van der Waals surface area contributed by atoms with Gasteiger partial charge in [0.15, 0.2) is 0 Å². The molecular formula is C10H19Br. The van der Waals surface area contributed by atoms with Crippen LogP contribution in [-0.2, 0) is 0 Å². The van der Waals surface area contributed by atoms with Crippen molar-refractivity contribution in [1.29, 1.82) is 0 Å². The number of alkyl halides is 1. The first-order chi connectivity index (χ1) is 5.26. The standard InChI is InChI=1S/C10H19Br/c1-4-10(5-2)9(3)7-6-8-11/h7,10H,4-6,8H2,1-3H3. The van der Waals surface area contributed by atoms with Crippen LogP contribution in [0.1, 0.15) is 40.0 Å². The summed E-state index contributed by atoms with van der Waals surface area (Å²) in [6.07, 6.45) is 6.08. The molecule has 0 atom stereocenters. The van der Waals surface area contributed by atoms with Crippen LogP contribution >= 0.6 is 15.9 Å². The highest BCUT2D eigenvalue weighted by Crippen LogP contribution is 2.18. The van der Waals surface area contributed by atoms with E-state index in [1.54, 1.807) is 5.57 Å². The first-order valence-corrected chi connectivity index (χ1v) is 5.61. The predicted molar refractivity (Wildman–Crippen MR) is 56.2 cm³/mol. The van der Waals surface area contributed by atoms with E-state index in [-0.39, 0.29) is 0 Å². The molecule has 0 aliphatic heterocycles. The van der Waals surface area contributed by atoms with Crippen LogP contribution in [0, 0.1) is 5.92 Å². The molecule has 66 valence electrons. The van der Waals surface area contributed by atoms with Crippen LogP contribution in [0.25, 0.3) is 0 Å². The van der Waals surface area contributed by atoms with Crippen molar-refractivity contribution in [3.63, 3.8) is 0 Å². The lowest BCUT2D eigenvalue weighted by atomic mass is 9.94. The van der Waals surface area contributed by atoms with E-state index in [0.29, 0.717) is 0 Å². The summed E-state index contributed by atoms with van der Waals surface area (Å²) in [5.41, 5.74) is 1.56. The summed E-state index contributed by atoms with van der Waals surface area (Å²) in [4.78, 5) is 0. The minimum Gasteiger partial charge on any atom is -0.0925 e. The van der Waals surface area contributed by atoms with Gasteiger partial charge in [0.2, 0.25) is 0 Å². The summed E-state index contributed by atoms with van der Waals surface area (Å²) in [6, 6.07) is 0. The van der Waals surface area contributed by atoms with E-state index < -0.39 is 0 Å². The van der Waals surface area contributed by atoms with Gasteiger partial charge in [-0.15, -0.1) is 0 Å². The molecule has 0 bridgehead atoms. The second-order valence-electron chi connectivity index (χ2n) is 2.94. The highest BCUT2D eigenvalue weighted by atomic mass is 79.9. The van der Waals surface area contributed by atoms with Gasteiger partial charge in [-0.05, 0) is 32.1 Å². The Morgan fingerprint density at radius 2 is 1.91 bits per heavy atom. The fourth-order valence-electron chi connectivity index (χ4n) is 1.38. The fourth-order valence-corrected chi connectivity index (χ4v) is 1.61. The van der Waals surface area contributed by atoms with Crippen LogP contribution in [0.15, 0.2) is 11.6 Å². The Morgan fingerprint density at radius 3 is 2.27 bits per heavy atom. The second-order valence-corrected chi connectivity index (χ2v) is 3.73. The molecule has 0 aromatic heterocycles. The van der Waals surface area contributed by atoms with E-state index in [1.165, 1.54) is 19.3 Å². The van der Waals surface area contributed by atoms with Crippen LogP contribution in [0.2, 0.25) is 0 Å². The highest BCUT2D eigenvalue weighted by molar-refractivity contribution is 9.09. The Kier molecular flexibility index (Phi) is 7.04. The van der Waals surface area contributed by atoms with Gasteiger partial charge in [-0.2, -0.15) is 0 Å². The van der Waals surface area contributed by atoms with Gasteiger partial charge in [-0.1, -0.05) is 41.4 Å². The Balaban J connectivity index is 3.85. The lowest BCUT2D eigenvalue weighted by Crippen LogP contribution is -1.98. The smallest absolute Gasteiger partial charge is 0.00660 e. The van der Waals surface area contributed by atoms with E-state index in [9.17, 15) is 0 Å². The first-order valence-electron chi connectivity index (χ1n) is 4.48. The molecule has 0 unspecified atom stereocenters. The van der Waals surface area contributed by atoms with Crippen molar-refractivity contribution in [2.24, 2.45) is 5.92 Å². The summed E-state index contributed by atoms with van der Waals surface area (Å²) in [5, 5.41) is 1.09. The molecule has 0 aromatic carbocycles. The Hall–Kier alpha value is 0.220. The molecule has 0 aromatic rings. The maximum Gasteiger partial charge on any atom is 0.00660 e. The van der Waals surface area contributed by atoms with Crippen molar-refractivity contribution in [1.82, 2.24) is 0 Å². The molecule has 0 aliphatic rings. The molecule has 11 heavy (non-hydrogen) atoms. The summed E-state index contributed by atoms with van der Waals surface area (Å²) in [7, 11) is 0. The average molecular weight is 219 g/mol. The average Bonchev–Trinajstić information content (AvgIpc) is 2.03. The minimum atomic E-state index is 0.814. The van der Waals surface area contributed by atoms with E-state index in [1.807, 2.05) is 0 Å². The normalized spacial score (nSPS) is 12.6. The van der Waals surface area contributed by atoms with Gasteiger partial charge in [-0.25, -0.2) is 0 Å². The van der Waals surface area contributed by atoms with Crippen molar-refractivity contribution in [3.8, 4) is 0 Å². The quantitative estimate of drug-likeness (QED) is 0.481. The van der Waals surface area contributed by atoms with Crippen LogP contribution in [0.4, 0.5) is 0 Å². The topological polar surface area (TPSA) is 0 Å². The molecule has 0 heterocycles. The van der Waals surface area contributed by atoms with Crippen molar-refractivity contribution < 1.29 is 0 Å². The third-order valence-corrected chi connectivity index (χ3v) is 2.66. The molecule has 0 amide bonds. The molecular weight excluding hydrogens is 200 g/mol. The molecule has 0 spiro atoms. The number of halogens is 1. The van der Waals surface area contributed by atoms with Gasteiger partial charge >= 0.3 is 0 Å². The van der Waals surface area contributed by atoms with Gasteiger partial charge in [-0.3, -0.25) is 0 Å². The maximum atomic E-state index is 3.43. The summed E-state index contributed by atoms with van der Waals surface area (Å²) in [6.45, 7) is 6.78. The zero-order valence-electron chi connectivity index (χ0n) is 7.86. The van der Waals surface area contributed by atoms with Gasteiger partial charge in [0.1, 0.15) is 0 Å². The Morgan fingerprint density at radius 1 is 1.36 bits per heavy atom. The van der Waals surface area contributed by atoms with Gasteiger partial charge < -0.3 is 0 Å². The molecule has 0 saturated heterocycles. The molecule has 0 nitrogen and oxygen atoms in total. The van der Waals surface area contributed by atoms with E-state index in [2.05, 4.69) is 42.8 Å². The largest absolute Gasteiger partial charge is 0.0925 e. The zero-order valence-corrected chi connectivity index (χ0v) is 9.45. The lowest BCUT2D eigenvalue weighted by Gasteiger charge is -2.12. The van der Waals surface area contributed by atoms with Crippen LogP contribution in [-0.4, -0.2) is 5.33 Å². The number of rotatable bonds is 5. The molecule has 0 N–H and O–H groups in total. The predicted octanol–water partition coefficient (Wildman–Crippen LogP) is 4.15. The van der Waals surface area contributed by atoms with E-state index in [4.69, 9.17) is 0 Å². The van der Waals surface area contributed by atoms with E-state index >= 15 is 0 Å². The number of allylic oxidation sites excluding steroid dienone is 2. The Bertz CT molecular complexity index is 112. The molecule has 0 rings (SSSR count). The third kappa shape index (κ3) is 4.62. The van der Waals surface area contributed by atoms with Crippen molar-refractivity contribution >= 4 is 15.9 Å². The molecule has 0 saturated carbocycles. The van der Waals surface area contributed by atoms with Crippen molar-refractivity contribution in [2.45, 2.75) is 40.0 Å². The number of hydrogen-bond donors (Lipinski definition) is 0. The number of hydrogen-bond acceptors (Lipinski definition) is 0. The monoisotopic (exact) mass is 218 g/mol. The zero-order chi connectivity index (χ0) is 8.69. The van der Waals surface area contributed by atoms with Crippen LogP contribution in [0.3, 0.4) is 0 Å². The highest BCUT2D eigenvalue weighted by Gasteiger charge is 2.03. The SMILES string of the molecule is CCC(CC)C(C)=CCCBr. The summed E-state index contributed by atoms with van der Waals surface area (Å²) < 4.78 is 0. The molecule has 0 radical (unpaired) electrons. The lowest BCUT2D eigenvalue weighted by molar-refractivity contribution is 0.570. The van der Waals surface area contributed by atoms with Gasteiger partial charge in [0.25, 0.3) is 0 Å². The molecule has 0 fully saturated rings. The first kappa shape index (κ1) is 11.2. The van der Waals surface area contributed by atoms with Crippen LogP contribution in [0.5, 0.6) is 0 Å². The minimum absolute atomic E-state index is 0.814. The second kappa shape index (κ2) is 6.90. The van der Waals surface area contributed by atoms with Gasteiger partial charge in [0, 0.05) is 5.33 Å². The molecule has 0 aliphatic carbocycles. The fraction of sp³-hybridized carbons (Fsp3) is 0.800. The molecule has 1 heteroatoms. The van der Waals surface area contributed by atoms with E-state index in [0.717, 1.165) is 11.2 Å². The van der Waals surface area contributed by atoms with Crippen molar-refractivity contribution in [2.75, 3.05) is 5.33 Å².